The summed E-state index contributed by atoms with van der Waals surface area (Å²) in [5, 5.41) is 11.0. The predicted molar refractivity (Wildman–Crippen MR) is 43.6 cm³/mol. The molecule has 0 saturated heterocycles. The minimum atomic E-state index is -0.979. The van der Waals surface area contributed by atoms with Crippen LogP contribution in [-0.2, 0) is 0 Å². The Kier molecular flexibility index (Phi) is 2.75. The van der Waals surface area contributed by atoms with Crippen LogP contribution in [-0.4, -0.2) is 9.83 Å². The molecule has 0 radical (unpaired) electrons. The second-order valence-corrected chi connectivity index (χ2v) is 2.77. The van der Waals surface area contributed by atoms with Crippen molar-refractivity contribution >= 4 is 20.6 Å². The van der Waals surface area contributed by atoms with E-state index in [9.17, 15) is 8.78 Å². The summed E-state index contributed by atoms with van der Waals surface area (Å²) in [5.74, 6) is -1.91. The van der Waals surface area contributed by atoms with Crippen LogP contribution in [0.2, 0.25) is 0 Å². The van der Waals surface area contributed by atoms with Crippen molar-refractivity contribution in [3.05, 3.63) is 35.4 Å². The van der Waals surface area contributed by atoms with Crippen molar-refractivity contribution in [3.8, 4) is 0 Å². The molecule has 5 heteroatoms. The molecule has 2 nitrogen and oxygen atoms in total. The first-order chi connectivity index (χ1) is 5.65. The van der Waals surface area contributed by atoms with Gasteiger partial charge in [0.05, 0.1) is 0 Å². The van der Waals surface area contributed by atoms with Crippen molar-refractivity contribution in [2.75, 3.05) is 0 Å². The minimum Gasteiger partial charge on any atom is -0.410 e. The van der Waals surface area contributed by atoms with Gasteiger partial charge in [-0.25, -0.2) is 8.78 Å². The van der Waals surface area contributed by atoms with Crippen molar-refractivity contribution in [1.82, 2.24) is 0 Å². The van der Waals surface area contributed by atoms with Crippen LogP contribution >= 0.6 is 15.9 Å². The smallest absolute Gasteiger partial charge is 0.159 e. The second kappa shape index (κ2) is 3.62. The van der Waals surface area contributed by atoms with Gasteiger partial charge in [-0.3, -0.25) is 0 Å². The van der Waals surface area contributed by atoms with E-state index in [1.807, 2.05) is 0 Å². The maximum Gasteiger partial charge on any atom is 0.159 e. The summed E-state index contributed by atoms with van der Waals surface area (Å²) in [5.41, 5.74) is 0.274. The third-order valence-electron chi connectivity index (χ3n) is 1.25. The molecule has 0 fully saturated rings. The normalized spacial score (nSPS) is 11.8. The fourth-order valence-corrected chi connectivity index (χ4v) is 0.929. The number of oxime groups is 1. The third kappa shape index (κ3) is 1.79. The Balaban J connectivity index is 3.13. The largest absolute Gasteiger partial charge is 0.410 e. The lowest BCUT2D eigenvalue weighted by Gasteiger charge is -1.96. The standard InChI is InChI=1S/C7H4BrF2NO/c8-7(11-12)4-1-2-5(9)6(10)3-4/h1-3,12H/b11-7+. The number of nitrogens with zero attached hydrogens (tertiary/aromatic N) is 1. The quantitative estimate of drug-likeness (QED) is 0.453. The second-order valence-electron chi connectivity index (χ2n) is 2.02. The molecule has 0 aliphatic rings. The van der Waals surface area contributed by atoms with Gasteiger partial charge in [0, 0.05) is 5.56 Å². The molecule has 0 spiro atoms. The summed E-state index contributed by atoms with van der Waals surface area (Å²) in [6.07, 6.45) is 0. The Morgan fingerprint density at radius 2 is 2.00 bits per heavy atom. The van der Waals surface area contributed by atoms with E-state index in [4.69, 9.17) is 5.21 Å². The molecule has 1 rings (SSSR count). The molecule has 0 heterocycles. The molecule has 12 heavy (non-hydrogen) atoms. The molecule has 0 aromatic heterocycles. The molecule has 1 aromatic carbocycles. The van der Waals surface area contributed by atoms with E-state index in [0.29, 0.717) is 0 Å². The number of halogens is 3. The van der Waals surface area contributed by atoms with Crippen LogP contribution in [0.3, 0.4) is 0 Å². The van der Waals surface area contributed by atoms with E-state index in [1.165, 1.54) is 6.07 Å². The van der Waals surface area contributed by atoms with Crippen LogP contribution in [0.25, 0.3) is 0 Å². The highest BCUT2D eigenvalue weighted by Crippen LogP contribution is 2.11. The minimum absolute atomic E-state index is 0.0569. The van der Waals surface area contributed by atoms with Gasteiger partial charge in [0.15, 0.2) is 16.3 Å². The third-order valence-corrected chi connectivity index (χ3v) is 1.86. The van der Waals surface area contributed by atoms with Crippen LogP contribution in [0, 0.1) is 11.6 Å². The Morgan fingerprint density at radius 3 is 2.50 bits per heavy atom. The molecule has 0 aliphatic heterocycles. The molecule has 0 aliphatic carbocycles. The van der Waals surface area contributed by atoms with Gasteiger partial charge < -0.3 is 5.21 Å². The lowest BCUT2D eigenvalue weighted by atomic mass is 10.2. The first-order valence-electron chi connectivity index (χ1n) is 2.98. The van der Waals surface area contributed by atoms with Crippen LogP contribution in [0.4, 0.5) is 8.78 Å². The van der Waals surface area contributed by atoms with Gasteiger partial charge in [0.1, 0.15) is 0 Å². The van der Waals surface area contributed by atoms with Gasteiger partial charge in [-0.15, -0.1) is 0 Å². The van der Waals surface area contributed by atoms with Gasteiger partial charge in [0.2, 0.25) is 0 Å². The topological polar surface area (TPSA) is 32.6 Å². The van der Waals surface area contributed by atoms with E-state index < -0.39 is 11.6 Å². The summed E-state index contributed by atoms with van der Waals surface area (Å²) in [7, 11) is 0. The van der Waals surface area contributed by atoms with E-state index in [1.54, 1.807) is 0 Å². The monoisotopic (exact) mass is 235 g/mol. The molecule has 1 aromatic rings. The van der Waals surface area contributed by atoms with Crippen molar-refractivity contribution in [2.24, 2.45) is 5.16 Å². The zero-order valence-electron chi connectivity index (χ0n) is 5.76. The van der Waals surface area contributed by atoms with Gasteiger partial charge >= 0.3 is 0 Å². The van der Waals surface area contributed by atoms with Crippen LogP contribution in [0.1, 0.15) is 5.56 Å². The Bertz CT molecular complexity index is 327. The summed E-state index contributed by atoms with van der Waals surface area (Å²) in [6, 6.07) is 3.18. The highest BCUT2D eigenvalue weighted by Gasteiger charge is 2.05. The molecule has 1 N–H and O–H groups in total. The summed E-state index contributed by atoms with van der Waals surface area (Å²) in [6.45, 7) is 0. The molecule has 0 bridgehead atoms. The lowest BCUT2D eigenvalue weighted by molar-refractivity contribution is 0.321. The number of hydrogen-bond donors (Lipinski definition) is 1. The first kappa shape index (κ1) is 9.12. The summed E-state index contributed by atoms with van der Waals surface area (Å²) in [4.78, 5) is 0. The highest BCUT2D eigenvalue weighted by atomic mass is 79.9. The average Bonchev–Trinajstić information content (AvgIpc) is 2.08. The zero-order chi connectivity index (χ0) is 9.14. The lowest BCUT2D eigenvalue weighted by Crippen LogP contribution is -1.93. The van der Waals surface area contributed by atoms with Gasteiger partial charge in [-0.05, 0) is 34.1 Å². The molecular formula is C7H4BrF2NO. The summed E-state index contributed by atoms with van der Waals surface area (Å²) < 4.78 is 25.0. The molecule has 0 unspecified atom stereocenters. The molecule has 64 valence electrons. The number of hydrogen-bond acceptors (Lipinski definition) is 2. The Morgan fingerprint density at radius 1 is 1.33 bits per heavy atom. The highest BCUT2D eigenvalue weighted by molar-refractivity contribution is 9.18. The molecule has 0 saturated carbocycles. The van der Waals surface area contributed by atoms with Crippen LogP contribution in [0.15, 0.2) is 23.4 Å². The van der Waals surface area contributed by atoms with E-state index >= 15 is 0 Å². The van der Waals surface area contributed by atoms with E-state index in [0.717, 1.165) is 12.1 Å². The fraction of sp³-hybridized carbons (Fsp3) is 0. The average molecular weight is 236 g/mol. The SMILES string of the molecule is O/N=C(/Br)c1ccc(F)c(F)c1. The van der Waals surface area contributed by atoms with Gasteiger partial charge in [-0.2, -0.15) is 0 Å². The van der Waals surface area contributed by atoms with E-state index in [-0.39, 0.29) is 10.2 Å². The van der Waals surface area contributed by atoms with Crippen molar-refractivity contribution < 1.29 is 14.0 Å². The summed E-state index contributed by atoms with van der Waals surface area (Å²) >= 11 is 2.85. The van der Waals surface area contributed by atoms with Crippen molar-refractivity contribution in [3.63, 3.8) is 0 Å². The molecule has 0 atom stereocenters. The molecule has 0 amide bonds. The van der Waals surface area contributed by atoms with Crippen LogP contribution < -0.4 is 0 Å². The van der Waals surface area contributed by atoms with Gasteiger partial charge in [0.25, 0.3) is 0 Å². The maximum absolute atomic E-state index is 12.5. The van der Waals surface area contributed by atoms with Gasteiger partial charge in [-0.1, -0.05) is 5.16 Å². The van der Waals surface area contributed by atoms with Crippen molar-refractivity contribution in [2.45, 2.75) is 0 Å². The number of rotatable bonds is 1. The predicted octanol–water partition coefficient (Wildman–Crippen LogP) is 2.50. The fourth-order valence-electron chi connectivity index (χ4n) is 0.682. The van der Waals surface area contributed by atoms with Crippen LogP contribution in [0.5, 0.6) is 0 Å². The van der Waals surface area contributed by atoms with E-state index in [2.05, 4.69) is 21.1 Å². The van der Waals surface area contributed by atoms with Crippen molar-refractivity contribution in [1.29, 1.82) is 0 Å². The number of benzene rings is 1. The molecular weight excluding hydrogens is 232 g/mol. The first-order valence-corrected chi connectivity index (χ1v) is 3.77. The zero-order valence-corrected chi connectivity index (χ0v) is 7.35. The Hall–Kier alpha value is -0.970. The maximum atomic E-state index is 12.5. The Labute approximate surface area is 75.6 Å².